The first-order valence-corrected chi connectivity index (χ1v) is 6.93. The predicted octanol–water partition coefficient (Wildman–Crippen LogP) is 2.76. The van der Waals surface area contributed by atoms with Crippen molar-refractivity contribution in [1.29, 1.82) is 0 Å². The zero-order valence-corrected chi connectivity index (χ0v) is 8.38. The molecule has 0 heterocycles. The molecule has 0 aliphatic rings. The Hall–Kier alpha value is 0.426. The topological polar surface area (TPSA) is 0 Å². The minimum atomic E-state index is -0.639. The second-order valence-electron chi connectivity index (χ2n) is 1.46. The van der Waals surface area contributed by atoms with Crippen LogP contribution in [0, 0.1) is 17.7 Å². The van der Waals surface area contributed by atoms with Crippen LogP contribution in [0.4, 0.5) is 8.78 Å². The van der Waals surface area contributed by atoms with Crippen LogP contribution in [-0.2, 0) is 0 Å². The van der Waals surface area contributed by atoms with Crippen LogP contribution in [0.15, 0.2) is 18.2 Å². The largest absolute Gasteiger partial charge is 0.618 e. The molecule has 0 unspecified atom stereocenters. The highest BCUT2D eigenvalue weighted by Gasteiger charge is 1.87. The molecule has 0 atom stereocenters. The van der Waals surface area contributed by atoms with Gasteiger partial charge in [0.25, 0.3) is 0 Å². The highest BCUT2D eigenvalue weighted by molar-refractivity contribution is 7.22. The quantitative estimate of drug-likeness (QED) is 0.575. The lowest BCUT2D eigenvalue weighted by Crippen LogP contribution is -1.73. The molecule has 0 nitrogen and oxygen atoms in total. The summed E-state index contributed by atoms with van der Waals surface area (Å²) in [5, 5.41) is 0. The van der Waals surface area contributed by atoms with Crippen molar-refractivity contribution < 1.29 is 8.78 Å². The number of rotatable bonds is 0. The molecule has 5 heteroatoms. The van der Waals surface area contributed by atoms with Crippen molar-refractivity contribution in [3.8, 4) is 0 Å². The summed E-state index contributed by atoms with van der Waals surface area (Å²) in [6.07, 6.45) is 0. The van der Waals surface area contributed by atoms with Gasteiger partial charge >= 0.3 is 18.2 Å². The lowest BCUT2D eigenvalue weighted by molar-refractivity contribution is 0.598. The average Bonchev–Trinajstić information content (AvgIpc) is 1.97. The molecule has 0 saturated carbocycles. The first-order valence-electron chi connectivity index (χ1n) is 2.65. The number of hydrogen-bond donors (Lipinski definition) is 0. The predicted molar refractivity (Wildman–Crippen MR) is 42.7 cm³/mol. The molecule has 0 fully saturated rings. The molecule has 1 rings (SSSR count). The van der Waals surface area contributed by atoms with Crippen LogP contribution in [0.3, 0.4) is 0 Å². The fourth-order valence-corrected chi connectivity index (χ4v) is 0.387. The highest BCUT2D eigenvalue weighted by atomic mass is 35.6. The Bertz CT molecular complexity index is 169. The average molecular weight is 208 g/mol. The fourth-order valence-electron chi connectivity index (χ4n) is 0.387. The van der Waals surface area contributed by atoms with Gasteiger partial charge in [-0.15, -0.1) is 0 Å². The van der Waals surface area contributed by atoms with Gasteiger partial charge in [0.05, 0.1) is 0 Å². The van der Waals surface area contributed by atoms with E-state index in [1.807, 2.05) is 0 Å². The Morgan fingerprint density at radius 3 is 2.09 bits per heavy atom. The zero-order chi connectivity index (χ0) is 8.69. The molecule has 0 aromatic heterocycles. The standard InChI is InChI=1S/C6H3F2.2ClH.Mg/c7-5-1-2-6(8)4-3-5;;;/h1-3H;2*1H;/q;;;+2/p-2. The summed E-state index contributed by atoms with van der Waals surface area (Å²) in [6.45, 7) is 0. The normalized spacial score (nSPS) is 7.64. The number of benzene rings is 1. The number of hydrogen-bond acceptors (Lipinski definition) is 0. The Kier molecular flexibility index (Phi) is 7.37. The summed E-state index contributed by atoms with van der Waals surface area (Å²) >= 11 is -0.639. The van der Waals surface area contributed by atoms with Gasteiger partial charge in [-0.05, 0) is 18.2 Å². The highest BCUT2D eigenvalue weighted by Crippen LogP contribution is 1.97. The summed E-state index contributed by atoms with van der Waals surface area (Å²) < 4.78 is 23.8. The van der Waals surface area contributed by atoms with Crippen molar-refractivity contribution >= 4 is 36.3 Å². The van der Waals surface area contributed by atoms with Crippen LogP contribution in [0.2, 0.25) is 0 Å². The molecule has 0 saturated heterocycles. The summed E-state index contributed by atoms with van der Waals surface area (Å²) in [6, 6.07) is 5.08. The van der Waals surface area contributed by atoms with Crippen molar-refractivity contribution in [1.82, 2.24) is 0 Å². The Morgan fingerprint density at radius 1 is 1.27 bits per heavy atom. The molecular weight excluding hydrogens is 205 g/mol. The third kappa shape index (κ3) is 6.81. The molecule has 1 radical (unpaired) electrons. The van der Waals surface area contributed by atoms with Gasteiger partial charge in [0, 0.05) is 6.07 Å². The van der Waals surface area contributed by atoms with Crippen LogP contribution in [0.5, 0.6) is 0 Å². The van der Waals surface area contributed by atoms with Gasteiger partial charge in [0.2, 0.25) is 0 Å². The fraction of sp³-hybridized carbons (Fsp3) is 0. The molecule has 0 spiro atoms. The maximum atomic E-state index is 11.9. The van der Waals surface area contributed by atoms with Gasteiger partial charge < -0.3 is 18.1 Å². The van der Waals surface area contributed by atoms with Crippen LogP contribution in [-0.4, -0.2) is 18.2 Å². The number of halogens is 4. The lowest BCUT2D eigenvalue weighted by Gasteiger charge is -1.82. The van der Waals surface area contributed by atoms with Crippen LogP contribution in [0.1, 0.15) is 0 Å². The maximum Gasteiger partial charge on any atom is 0.618 e. The Labute approximate surface area is 80.8 Å². The smallest absolute Gasteiger partial charge is 0.309 e. The van der Waals surface area contributed by atoms with Crippen molar-refractivity contribution in [3.63, 3.8) is 0 Å². The van der Waals surface area contributed by atoms with E-state index in [-0.39, 0.29) is 0 Å². The lowest BCUT2D eigenvalue weighted by atomic mass is 10.3. The summed E-state index contributed by atoms with van der Waals surface area (Å²) in [4.78, 5) is 0. The van der Waals surface area contributed by atoms with E-state index in [0.717, 1.165) is 18.2 Å². The zero-order valence-electron chi connectivity index (χ0n) is 5.45. The van der Waals surface area contributed by atoms with E-state index < -0.39 is 29.8 Å². The van der Waals surface area contributed by atoms with Gasteiger partial charge in [-0.25, -0.2) is 8.78 Å². The first-order chi connectivity index (χ1) is 5.20. The van der Waals surface area contributed by atoms with E-state index in [0.29, 0.717) is 0 Å². The first kappa shape index (κ1) is 11.4. The molecule has 0 bridgehead atoms. The van der Waals surface area contributed by atoms with Crippen molar-refractivity contribution in [2.75, 3.05) is 0 Å². The summed E-state index contributed by atoms with van der Waals surface area (Å²) in [5.74, 6) is -1.00. The van der Waals surface area contributed by atoms with Gasteiger partial charge in [-0.1, -0.05) is 0 Å². The van der Waals surface area contributed by atoms with Crippen LogP contribution >= 0.6 is 18.1 Å². The molecule has 0 aliphatic carbocycles. The molecule has 1 aromatic carbocycles. The molecule has 0 aliphatic heterocycles. The maximum absolute atomic E-state index is 11.9. The second kappa shape index (κ2) is 7.10. The van der Waals surface area contributed by atoms with Gasteiger partial charge in [0.1, 0.15) is 11.6 Å². The summed E-state index contributed by atoms with van der Waals surface area (Å²) in [5.41, 5.74) is 0. The molecule has 0 amide bonds. The van der Waals surface area contributed by atoms with Gasteiger partial charge in [-0.2, -0.15) is 0 Å². The molecular formula is C6H3Cl2F2Mg. The molecule has 11 heavy (non-hydrogen) atoms. The van der Waals surface area contributed by atoms with Crippen LogP contribution < -0.4 is 0 Å². The van der Waals surface area contributed by atoms with E-state index in [1.165, 1.54) is 0 Å². The van der Waals surface area contributed by atoms with Crippen molar-refractivity contribution in [3.05, 3.63) is 35.9 Å². The Morgan fingerprint density at radius 2 is 1.82 bits per heavy atom. The molecule has 1 aromatic rings. The second-order valence-corrected chi connectivity index (χ2v) is 4.08. The molecule has 57 valence electrons. The van der Waals surface area contributed by atoms with E-state index in [1.54, 1.807) is 0 Å². The minimum absolute atomic E-state index is 0.466. The van der Waals surface area contributed by atoms with E-state index in [2.05, 4.69) is 6.07 Å². The third-order valence-corrected chi connectivity index (χ3v) is 0.737. The monoisotopic (exact) mass is 207 g/mol. The van der Waals surface area contributed by atoms with E-state index in [9.17, 15) is 8.78 Å². The van der Waals surface area contributed by atoms with Crippen LogP contribution in [0.25, 0.3) is 0 Å². The Balaban J connectivity index is 0.000000292. The van der Waals surface area contributed by atoms with Crippen molar-refractivity contribution in [2.24, 2.45) is 0 Å². The van der Waals surface area contributed by atoms with Gasteiger partial charge in [0.15, 0.2) is 0 Å². The van der Waals surface area contributed by atoms with E-state index in [4.69, 9.17) is 18.1 Å². The molecule has 0 N–H and O–H groups in total. The van der Waals surface area contributed by atoms with E-state index >= 15 is 0 Å². The summed E-state index contributed by atoms with van der Waals surface area (Å²) in [7, 11) is 9.81. The SMILES string of the molecule is Fc1[c]cc(F)cc1.[Cl][Mg][Cl]. The minimum Gasteiger partial charge on any atom is -0.309 e. The third-order valence-electron chi connectivity index (χ3n) is 0.737. The van der Waals surface area contributed by atoms with Crippen molar-refractivity contribution in [2.45, 2.75) is 0 Å². The van der Waals surface area contributed by atoms with Gasteiger partial charge in [-0.3, -0.25) is 0 Å².